The third-order valence-corrected chi connectivity index (χ3v) is 2.93. The summed E-state index contributed by atoms with van der Waals surface area (Å²) in [7, 11) is 0. The van der Waals surface area contributed by atoms with Crippen molar-refractivity contribution in [2.24, 2.45) is 0 Å². The number of nitrogens with two attached hydrogens (primary N) is 1. The minimum absolute atomic E-state index is 0.600. The third kappa shape index (κ3) is 1.44. The van der Waals surface area contributed by atoms with Crippen molar-refractivity contribution in [2.45, 2.75) is 25.7 Å². The van der Waals surface area contributed by atoms with Gasteiger partial charge >= 0.3 is 0 Å². The molecule has 0 saturated heterocycles. The van der Waals surface area contributed by atoms with Crippen LogP contribution in [-0.4, -0.2) is 19.9 Å². The van der Waals surface area contributed by atoms with Crippen LogP contribution in [0.3, 0.4) is 0 Å². The maximum Gasteiger partial charge on any atom is 0.197 e. The van der Waals surface area contributed by atoms with Crippen LogP contribution in [0.2, 0.25) is 0 Å². The summed E-state index contributed by atoms with van der Waals surface area (Å²) in [6, 6.07) is 0. The molecule has 0 atom stereocenters. The fraction of sp³-hybridized carbons (Fsp3) is 0.364. The molecular weight excluding hydrogens is 202 g/mol. The first-order valence-corrected chi connectivity index (χ1v) is 5.49. The van der Waals surface area contributed by atoms with Gasteiger partial charge in [0.25, 0.3) is 0 Å². The lowest BCUT2D eigenvalue weighted by atomic mass is 9.96. The van der Waals surface area contributed by atoms with Crippen LogP contribution in [0.5, 0.6) is 0 Å². The molecule has 0 saturated carbocycles. The van der Waals surface area contributed by atoms with Crippen LogP contribution in [0.25, 0.3) is 11.6 Å². The summed E-state index contributed by atoms with van der Waals surface area (Å²) in [6.07, 6.45) is 7.81. The Morgan fingerprint density at radius 1 is 1.19 bits per heavy atom. The average Bonchev–Trinajstić information content (AvgIpc) is 2.82. The second kappa shape index (κ2) is 3.59. The molecule has 5 heteroatoms. The van der Waals surface area contributed by atoms with Gasteiger partial charge in [0.05, 0.1) is 0 Å². The molecule has 0 radical (unpaired) electrons. The van der Waals surface area contributed by atoms with Gasteiger partial charge in [-0.3, -0.25) is 0 Å². The zero-order valence-electron chi connectivity index (χ0n) is 8.90. The Balaban J connectivity index is 2.12. The molecule has 3 rings (SSSR count). The molecule has 5 nitrogen and oxygen atoms in total. The van der Waals surface area contributed by atoms with Gasteiger partial charge in [-0.25, -0.2) is 15.0 Å². The molecule has 16 heavy (non-hydrogen) atoms. The highest BCUT2D eigenvalue weighted by molar-refractivity contribution is 5.52. The van der Waals surface area contributed by atoms with E-state index in [1.165, 1.54) is 12.8 Å². The standard InChI is InChI=1S/C11H13N5/c12-9-7-3-1-2-4-8(7)15-11(16-9)10-13-5-6-14-10/h5-6H,1-4H2,(H,13,14)(H2,12,15,16). The average molecular weight is 215 g/mol. The first kappa shape index (κ1) is 9.33. The van der Waals surface area contributed by atoms with Crippen molar-refractivity contribution in [3.05, 3.63) is 23.7 Å². The molecule has 0 bridgehead atoms. The molecule has 1 aliphatic carbocycles. The number of anilines is 1. The molecule has 0 spiro atoms. The van der Waals surface area contributed by atoms with Crippen molar-refractivity contribution in [2.75, 3.05) is 5.73 Å². The molecule has 0 aromatic carbocycles. The van der Waals surface area contributed by atoms with Gasteiger partial charge in [0.1, 0.15) is 5.82 Å². The van der Waals surface area contributed by atoms with Crippen LogP contribution in [0, 0.1) is 0 Å². The summed E-state index contributed by atoms with van der Waals surface area (Å²) in [5.74, 6) is 1.89. The van der Waals surface area contributed by atoms with Crippen LogP contribution in [-0.2, 0) is 12.8 Å². The van der Waals surface area contributed by atoms with E-state index in [2.05, 4.69) is 19.9 Å². The maximum atomic E-state index is 5.96. The normalized spacial score (nSPS) is 14.8. The molecule has 1 aliphatic rings. The molecule has 3 N–H and O–H groups in total. The minimum Gasteiger partial charge on any atom is -0.383 e. The van der Waals surface area contributed by atoms with Crippen LogP contribution in [0.1, 0.15) is 24.1 Å². The van der Waals surface area contributed by atoms with Crippen molar-refractivity contribution in [1.29, 1.82) is 0 Å². The van der Waals surface area contributed by atoms with Gasteiger partial charge in [-0.1, -0.05) is 0 Å². The van der Waals surface area contributed by atoms with E-state index in [0.29, 0.717) is 17.5 Å². The van der Waals surface area contributed by atoms with Gasteiger partial charge in [0.2, 0.25) is 0 Å². The van der Waals surface area contributed by atoms with Crippen molar-refractivity contribution in [3.63, 3.8) is 0 Å². The fourth-order valence-corrected chi connectivity index (χ4v) is 2.12. The lowest BCUT2D eigenvalue weighted by Crippen LogP contribution is -2.12. The monoisotopic (exact) mass is 215 g/mol. The number of aromatic nitrogens is 4. The number of nitrogen functional groups attached to an aromatic ring is 1. The van der Waals surface area contributed by atoms with Crippen LogP contribution < -0.4 is 5.73 Å². The lowest BCUT2D eigenvalue weighted by Gasteiger charge is -2.16. The molecule has 2 heterocycles. The number of hydrogen-bond acceptors (Lipinski definition) is 4. The van der Waals surface area contributed by atoms with Gasteiger partial charge in [0.15, 0.2) is 11.6 Å². The van der Waals surface area contributed by atoms with E-state index in [1.54, 1.807) is 12.4 Å². The van der Waals surface area contributed by atoms with Crippen molar-refractivity contribution in [3.8, 4) is 11.6 Å². The zero-order chi connectivity index (χ0) is 11.0. The third-order valence-electron chi connectivity index (χ3n) is 2.93. The Kier molecular flexibility index (Phi) is 2.09. The summed E-state index contributed by atoms with van der Waals surface area (Å²) < 4.78 is 0. The molecule has 0 unspecified atom stereocenters. The fourth-order valence-electron chi connectivity index (χ4n) is 2.12. The van der Waals surface area contributed by atoms with Gasteiger partial charge in [-0.2, -0.15) is 0 Å². The first-order valence-electron chi connectivity index (χ1n) is 5.49. The van der Waals surface area contributed by atoms with E-state index < -0.39 is 0 Å². The number of aromatic amines is 1. The SMILES string of the molecule is Nc1nc(-c2ncc[nH]2)nc2c1CCCC2. The summed E-state index contributed by atoms with van der Waals surface area (Å²) in [4.78, 5) is 16.0. The lowest BCUT2D eigenvalue weighted by molar-refractivity contribution is 0.665. The van der Waals surface area contributed by atoms with Crippen LogP contribution >= 0.6 is 0 Å². The molecular formula is C11H13N5. The quantitative estimate of drug-likeness (QED) is 0.752. The molecule has 0 fully saturated rings. The van der Waals surface area contributed by atoms with Crippen molar-refractivity contribution >= 4 is 5.82 Å². The number of imidazole rings is 1. The smallest absolute Gasteiger partial charge is 0.197 e. The second-order valence-corrected chi connectivity index (χ2v) is 4.00. The topological polar surface area (TPSA) is 80.5 Å². The highest BCUT2D eigenvalue weighted by Crippen LogP contribution is 2.25. The molecule has 0 amide bonds. The summed E-state index contributed by atoms with van der Waals surface area (Å²) in [6.45, 7) is 0. The Morgan fingerprint density at radius 3 is 2.88 bits per heavy atom. The van der Waals surface area contributed by atoms with Crippen molar-refractivity contribution in [1.82, 2.24) is 19.9 Å². The number of rotatable bonds is 1. The van der Waals surface area contributed by atoms with Gasteiger partial charge in [-0.05, 0) is 25.7 Å². The molecule has 2 aromatic heterocycles. The largest absolute Gasteiger partial charge is 0.383 e. The maximum absolute atomic E-state index is 5.96. The van der Waals surface area contributed by atoms with E-state index in [0.717, 1.165) is 24.1 Å². The number of hydrogen-bond donors (Lipinski definition) is 2. The number of H-pyrrole nitrogens is 1. The number of fused-ring (bicyclic) bond motifs is 1. The van der Waals surface area contributed by atoms with Gasteiger partial charge in [0, 0.05) is 23.7 Å². The first-order chi connectivity index (χ1) is 7.84. The Bertz CT molecular complexity index is 503. The summed E-state index contributed by atoms with van der Waals surface area (Å²) in [5.41, 5.74) is 8.17. The number of nitrogens with zero attached hydrogens (tertiary/aromatic N) is 3. The van der Waals surface area contributed by atoms with Crippen LogP contribution in [0.15, 0.2) is 12.4 Å². The Hall–Kier alpha value is -1.91. The van der Waals surface area contributed by atoms with Crippen LogP contribution in [0.4, 0.5) is 5.82 Å². The summed E-state index contributed by atoms with van der Waals surface area (Å²) >= 11 is 0. The minimum atomic E-state index is 0.600. The van der Waals surface area contributed by atoms with E-state index >= 15 is 0 Å². The molecule has 82 valence electrons. The zero-order valence-corrected chi connectivity index (χ0v) is 8.90. The van der Waals surface area contributed by atoms with E-state index in [1.807, 2.05) is 0 Å². The highest BCUT2D eigenvalue weighted by atomic mass is 15.0. The Labute approximate surface area is 93.2 Å². The Morgan fingerprint density at radius 2 is 2.06 bits per heavy atom. The predicted molar refractivity (Wildman–Crippen MR) is 60.7 cm³/mol. The number of aryl methyl sites for hydroxylation is 1. The van der Waals surface area contributed by atoms with E-state index in [-0.39, 0.29) is 0 Å². The highest BCUT2D eigenvalue weighted by Gasteiger charge is 2.17. The predicted octanol–water partition coefficient (Wildman–Crippen LogP) is 1.33. The second-order valence-electron chi connectivity index (χ2n) is 4.00. The van der Waals surface area contributed by atoms with Gasteiger partial charge < -0.3 is 10.7 Å². The molecule has 2 aromatic rings. The van der Waals surface area contributed by atoms with Crippen molar-refractivity contribution < 1.29 is 0 Å². The van der Waals surface area contributed by atoms with E-state index in [4.69, 9.17) is 5.73 Å². The number of nitrogens with one attached hydrogen (secondary N) is 1. The van der Waals surface area contributed by atoms with Gasteiger partial charge in [-0.15, -0.1) is 0 Å². The summed E-state index contributed by atoms with van der Waals surface area (Å²) in [5, 5.41) is 0. The molecule has 0 aliphatic heterocycles. The van der Waals surface area contributed by atoms with E-state index in [9.17, 15) is 0 Å².